The molecule has 0 unspecified atom stereocenters. The summed E-state index contributed by atoms with van der Waals surface area (Å²) >= 11 is 0. The molecule has 2 saturated heterocycles. The van der Waals surface area contributed by atoms with Gasteiger partial charge in [0.2, 0.25) is 0 Å². The Balaban J connectivity index is 1.41. The molecule has 4 rings (SSSR count). The van der Waals surface area contributed by atoms with Crippen molar-refractivity contribution in [3.63, 3.8) is 0 Å². The van der Waals surface area contributed by atoms with Gasteiger partial charge in [0.05, 0.1) is 11.3 Å². The van der Waals surface area contributed by atoms with Crippen LogP contribution in [0.1, 0.15) is 38.3 Å². The molecule has 5 heteroatoms. The number of piperidine rings is 1. The van der Waals surface area contributed by atoms with Gasteiger partial charge >= 0.3 is 0 Å². The number of nitrogens with zero attached hydrogens (tertiary/aromatic N) is 3. The highest BCUT2D eigenvalue weighted by Crippen LogP contribution is 2.49. The lowest BCUT2D eigenvalue weighted by molar-refractivity contribution is -0.200. The molecule has 1 aromatic rings. The molecule has 1 aliphatic carbocycles. The van der Waals surface area contributed by atoms with Gasteiger partial charge in [-0.2, -0.15) is 0 Å². The third kappa shape index (κ3) is 2.76. The maximum absolute atomic E-state index is 12.5. The average molecular weight is 315 g/mol. The number of aromatic nitrogens is 1. The van der Waals surface area contributed by atoms with E-state index in [1.54, 1.807) is 0 Å². The van der Waals surface area contributed by atoms with Crippen molar-refractivity contribution in [1.82, 2.24) is 14.8 Å². The Bertz CT molecular complexity index is 577. The van der Waals surface area contributed by atoms with Gasteiger partial charge in [-0.3, -0.25) is 14.7 Å². The zero-order valence-corrected chi connectivity index (χ0v) is 13.8. The Hall–Kier alpha value is -1.46. The van der Waals surface area contributed by atoms with E-state index in [4.69, 9.17) is 4.74 Å². The van der Waals surface area contributed by atoms with E-state index in [1.165, 1.54) is 0 Å². The molecular weight excluding hydrogens is 290 g/mol. The Morgan fingerprint density at radius 1 is 1.22 bits per heavy atom. The highest BCUT2D eigenvalue weighted by molar-refractivity contribution is 5.89. The number of ether oxygens (including phenoxy) is 1. The van der Waals surface area contributed by atoms with Crippen molar-refractivity contribution in [2.75, 3.05) is 26.2 Å². The molecule has 1 saturated carbocycles. The maximum Gasteiger partial charge on any atom is 0.254 e. The van der Waals surface area contributed by atoms with Crippen molar-refractivity contribution in [3.05, 3.63) is 30.1 Å². The van der Waals surface area contributed by atoms with Gasteiger partial charge in [-0.1, -0.05) is 6.07 Å². The Kier molecular flexibility index (Phi) is 3.65. The summed E-state index contributed by atoms with van der Waals surface area (Å²) in [7, 11) is 0. The molecule has 2 spiro atoms. The molecule has 0 N–H and O–H groups in total. The smallest absolute Gasteiger partial charge is 0.254 e. The highest BCUT2D eigenvalue weighted by atomic mass is 16.5. The second-order valence-electron chi connectivity index (χ2n) is 7.20. The van der Waals surface area contributed by atoms with Gasteiger partial charge in [0.15, 0.2) is 0 Å². The van der Waals surface area contributed by atoms with E-state index >= 15 is 0 Å². The van der Waals surface area contributed by atoms with Gasteiger partial charge in [-0.25, -0.2) is 0 Å². The third-order valence-corrected chi connectivity index (χ3v) is 5.53. The Morgan fingerprint density at radius 2 is 2.00 bits per heavy atom. The van der Waals surface area contributed by atoms with Gasteiger partial charge in [-0.05, 0) is 44.7 Å². The summed E-state index contributed by atoms with van der Waals surface area (Å²) in [5, 5.41) is 0. The summed E-state index contributed by atoms with van der Waals surface area (Å²) in [4.78, 5) is 21.3. The van der Waals surface area contributed by atoms with E-state index in [0.717, 1.165) is 64.1 Å². The first-order chi connectivity index (χ1) is 11.1. The molecule has 3 fully saturated rings. The summed E-state index contributed by atoms with van der Waals surface area (Å²) in [5.41, 5.74) is 0.537. The van der Waals surface area contributed by atoms with Gasteiger partial charge in [-0.15, -0.1) is 0 Å². The largest absolute Gasteiger partial charge is 0.357 e. The zero-order chi connectivity index (χ0) is 15.9. The molecule has 0 atom stereocenters. The average Bonchev–Trinajstić information content (AvgIpc) is 3.35. The Labute approximate surface area is 137 Å². The molecule has 0 radical (unpaired) electrons. The number of rotatable bonds is 3. The van der Waals surface area contributed by atoms with Crippen molar-refractivity contribution >= 4 is 5.91 Å². The van der Waals surface area contributed by atoms with Gasteiger partial charge < -0.3 is 9.64 Å². The first-order valence-electron chi connectivity index (χ1n) is 8.77. The summed E-state index contributed by atoms with van der Waals surface area (Å²) in [5.74, 6) is 0.224. The normalized spacial score (nSPS) is 26.0. The predicted molar refractivity (Wildman–Crippen MR) is 86.8 cm³/mol. The summed E-state index contributed by atoms with van der Waals surface area (Å²) in [6.45, 7) is 6.56. The summed E-state index contributed by atoms with van der Waals surface area (Å²) < 4.78 is 6.42. The van der Waals surface area contributed by atoms with E-state index in [1.807, 2.05) is 23.2 Å². The SMILES string of the molecule is CCN1CC2(CCN(Cc3ccccn3)CC2)OC2(CC2)C1=O. The monoisotopic (exact) mass is 315 g/mol. The molecule has 3 heterocycles. The number of likely N-dealkylation sites (tertiary alicyclic amines) is 1. The summed E-state index contributed by atoms with van der Waals surface area (Å²) in [6, 6.07) is 6.08. The number of hydrogen-bond donors (Lipinski definition) is 0. The van der Waals surface area contributed by atoms with Crippen LogP contribution in [0.15, 0.2) is 24.4 Å². The molecule has 124 valence electrons. The van der Waals surface area contributed by atoms with Crippen LogP contribution in [-0.4, -0.2) is 58.1 Å². The predicted octanol–water partition coefficient (Wildman–Crippen LogP) is 1.83. The maximum atomic E-state index is 12.5. The lowest BCUT2D eigenvalue weighted by Crippen LogP contribution is -2.62. The van der Waals surface area contributed by atoms with Crippen LogP contribution in [0.3, 0.4) is 0 Å². The van der Waals surface area contributed by atoms with Crippen molar-refractivity contribution in [2.45, 2.75) is 50.4 Å². The number of morpholine rings is 1. The first kappa shape index (κ1) is 15.1. The molecule has 2 aliphatic heterocycles. The van der Waals surface area contributed by atoms with Crippen molar-refractivity contribution in [3.8, 4) is 0 Å². The topological polar surface area (TPSA) is 45.7 Å². The lowest BCUT2D eigenvalue weighted by Gasteiger charge is -2.49. The van der Waals surface area contributed by atoms with Gasteiger partial charge in [0.25, 0.3) is 5.91 Å². The lowest BCUT2D eigenvalue weighted by atomic mass is 9.88. The van der Waals surface area contributed by atoms with Crippen molar-refractivity contribution in [2.24, 2.45) is 0 Å². The Morgan fingerprint density at radius 3 is 2.61 bits per heavy atom. The molecule has 5 nitrogen and oxygen atoms in total. The van der Waals surface area contributed by atoms with Gasteiger partial charge in [0.1, 0.15) is 5.60 Å². The van der Waals surface area contributed by atoms with Crippen LogP contribution >= 0.6 is 0 Å². The minimum Gasteiger partial charge on any atom is -0.357 e. The number of carbonyl (C=O) groups excluding carboxylic acids is 1. The van der Waals surface area contributed by atoms with Crippen molar-refractivity contribution < 1.29 is 9.53 Å². The second kappa shape index (κ2) is 5.56. The van der Waals surface area contributed by atoms with E-state index < -0.39 is 5.60 Å². The molecule has 0 aromatic carbocycles. The minimum atomic E-state index is -0.461. The molecule has 3 aliphatic rings. The minimum absolute atomic E-state index is 0.124. The van der Waals surface area contributed by atoms with Crippen LogP contribution in [0.4, 0.5) is 0 Å². The molecule has 1 amide bonds. The molecule has 0 bridgehead atoms. The van der Waals surface area contributed by atoms with Crippen LogP contribution in [0.25, 0.3) is 0 Å². The summed E-state index contributed by atoms with van der Waals surface area (Å²) in [6.07, 6.45) is 5.67. The zero-order valence-electron chi connectivity index (χ0n) is 13.8. The second-order valence-corrected chi connectivity index (χ2v) is 7.20. The fraction of sp³-hybridized carbons (Fsp3) is 0.667. The fourth-order valence-corrected chi connectivity index (χ4v) is 3.98. The third-order valence-electron chi connectivity index (χ3n) is 5.53. The highest BCUT2D eigenvalue weighted by Gasteiger charge is 2.61. The van der Waals surface area contributed by atoms with Crippen LogP contribution in [0.2, 0.25) is 0 Å². The standard InChI is InChI=1S/C18H25N3O2/c1-2-21-14-17(23-18(6-7-18)16(21)22)8-11-20(12-9-17)13-15-5-3-4-10-19-15/h3-5,10H,2,6-9,11-14H2,1H3. The van der Waals surface area contributed by atoms with Crippen molar-refractivity contribution in [1.29, 1.82) is 0 Å². The van der Waals surface area contributed by atoms with E-state index in [2.05, 4.69) is 22.9 Å². The van der Waals surface area contributed by atoms with E-state index in [9.17, 15) is 4.79 Å². The fourth-order valence-electron chi connectivity index (χ4n) is 3.98. The molecular formula is C18H25N3O2. The van der Waals surface area contributed by atoms with E-state index in [0.29, 0.717) is 0 Å². The van der Waals surface area contributed by atoms with Crippen LogP contribution in [0.5, 0.6) is 0 Å². The van der Waals surface area contributed by atoms with Crippen LogP contribution in [0, 0.1) is 0 Å². The number of pyridine rings is 1. The molecule has 23 heavy (non-hydrogen) atoms. The van der Waals surface area contributed by atoms with Crippen LogP contribution < -0.4 is 0 Å². The number of carbonyl (C=O) groups is 1. The van der Waals surface area contributed by atoms with E-state index in [-0.39, 0.29) is 11.5 Å². The quantitative estimate of drug-likeness (QED) is 0.854. The number of amides is 1. The molecule has 1 aromatic heterocycles. The number of likely N-dealkylation sites (N-methyl/N-ethyl adjacent to an activating group) is 1. The first-order valence-corrected chi connectivity index (χ1v) is 8.77. The van der Waals surface area contributed by atoms with Gasteiger partial charge in [0, 0.05) is 38.9 Å². The van der Waals surface area contributed by atoms with Crippen LogP contribution in [-0.2, 0) is 16.1 Å². The number of hydrogen-bond acceptors (Lipinski definition) is 4.